The summed E-state index contributed by atoms with van der Waals surface area (Å²) in [7, 11) is 0. The third-order valence-electron chi connectivity index (χ3n) is 12.7. The molecule has 4 heteroatoms. The maximum absolute atomic E-state index is 9.90. The van der Waals surface area contributed by atoms with Crippen LogP contribution in [0.1, 0.15) is 69.6 Å². The standard InChI is InChI=1S/C59H50N4/c1-5-8-16-41(7-3)42-28-32-46(33-29-42)57-61-56(45-17-11-10-12-18-45)62-58(63-57)50-22-14-21-49(38-50)48-20-13-19-47(37-48)43-26-30-44(31-27-43)51-23-15-24-54-55(51)52-36-40(39-60)25-34-53(52)59(54,4)35-9-6-2/h5,7-8,10-24,26-33,36-38H,3,6,9,25,34-35H2,1-2,4H3/b8-5-,41-16+/t59-/m1/s1. The summed E-state index contributed by atoms with van der Waals surface area (Å²) < 4.78 is 0. The molecule has 0 saturated carbocycles. The van der Waals surface area contributed by atoms with Crippen LogP contribution in [0.5, 0.6) is 0 Å². The molecule has 63 heavy (non-hydrogen) atoms. The third-order valence-corrected chi connectivity index (χ3v) is 12.7. The van der Waals surface area contributed by atoms with E-state index in [2.05, 4.69) is 154 Å². The molecule has 2 aliphatic rings. The Morgan fingerprint density at radius 2 is 1.24 bits per heavy atom. The third kappa shape index (κ3) is 8.07. The Hall–Kier alpha value is -7.48. The van der Waals surface area contributed by atoms with Gasteiger partial charge in [0.05, 0.1) is 6.07 Å². The van der Waals surface area contributed by atoms with Crippen molar-refractivity contribution in [2.24, 2.45) is 0 Å². The lowest BCUT2D eigenvalue weighted by Gasteiger charge is -2.31. The van der Waals surface area contributed by atoms with Crippen molar-refractivity contribution in [3.63, 3.8) is 0 Å². The first kappa shape index (κ1) is 40.9. The predicted octanol–water partition coefficient (Wildman–Crippen LogP) is 15.5. The highest BCUT2D eigenvalue weighted by molar-refractivity contribution is 5.95. The molecule has 6 aromatic carbocycles. The maximum Gasteiger partial charge on any atom is 0.164 e. The highest BCUT2D eigenvalue weighted by Crippen LogP contribution is 2.55. The Bertz CT molecular complexity index is 3010. The highest BCUT2D eigenvalue weighted by Gasteiger charge is 2.42. The van der Waals surface area contributed by atoms with Crippen LogP contribution in [-0.2, 0) is 5.41 Å². The van der Waals surface area contributed by atoms with E-state index in [1.165, 1.54) is 46.2 Å². The minimum absolute atomic E-state index is 0.00587. The summed E-state index contributed by atoms with van der Waals surface area (Å²) in [6, 6.07) is 53.9. The van der Waals surface area contributed by atoms with Crippen LogP contribution < -0.4 is 0 Å². The van der Waals surface area contributed by atoms with Crippen LogP contribution in [0.2, 0.25) is 0 Å². The van der Waals surface area contributed by atoms with E-state index in [4.69, 9.17) is 15.0 Å². The first-order valence-corrected chi connectivity index (χ1v) is 22.1. The van der Waals surface area contributed by atoms with Gasteiger partial charge in [-0.25, -0.2) is 15.0 Å². The second kappa shape index (κ2) is 17.9. The lowest BCUT2D eigenvalue weighted by atomic mass is 9.72. The molecule has 9 rings (SSSR count). The molecule has 0 N–H and O–H groups in total. The molecule has 1 atom stereocenters. The van der Waals surface area contributed by atoms with Gasteiger partial charge in [-0.15, -0.1) is 0 Å². The van der Waals surface area contributed by atoms with Crippen LogP contribution in [-0.4, -0.2) is 15.0 Å². The molecular weight excluding hydrogens is 765 g/mol. The molecule has 7 aromatic rings. The summed E-state index contributed by atoms with van der Waals surface area (Å²) in [6.45, 7) is 10.7. The van der Waals surface area contributed by atoms with Crippen LogP contribution in [0, 0.1) is 11.3 Å². The van der Waals surface area contributed by atoms with Gasteiger partial charge in [0.25, 0.3) is 0 Å². The Labute approximate surface area is 372 Å². The zero-order valence-electron chi connectivity index (χ0n) is 36.3. The van der Waals surface area contributed by atoms with Crippen molar-refractivity contribution >= 4 is 11.1 Å². The molecule has 0 radical (unpaired) electrons. The van der Waals surface area contributed by atoms with Crippen LogP contribution in [0.15, 0.2) is 194 Å². The average molecular weight is 815 g/mol. The number of hydrogen-bond acceptors (Lipinski definition) is 4. The largest absolute Gasteiger partial charge is 0.208 e. The quantitative estimate of drug-likeness (QED) is 0.115. The molecule has 0 unspecified atom stereocenters. The second-order valence-corrected chi connectivity index (χ2v) is 16.7. The lowest BCUT2D eigenvalue weighted by Crippen LogP contribution is -2.23. The Kier molecular flexibility index (Phi) is 11.6. The van der Waals surface area contributed by atoms with E-state index >= 15 is 0 Å². The smallest absolute Gasteiger partial charge is 0.164 e. The minimum Gasteiger partial charge on any atom is -0.208 e. The predicted molar refractivity (Wildman–Crippen MR) is 262 cm³/mol. The molecule has 306 valence electrons. The minimum atomic E-state index is -0.00587. The number of allylic oxidation sites excluding steroid dienone is 9. The monoisotopic (exact) mass is 814 g/mol. The van der Waals surface area contributed by atoms with Crippen LogP contribution in [0.4, 0.5) is 0 Å². The molecular formula is C59H50N4. The van der Waals surface area contributed by atoms with Crippen molar-refractivity contribution < 1.29 is 0 Å². The van der Waals surface area contributed by atoms with Gasteiger partial charge in [-0.3, -0.25) is 0 Å². The summed E-state index contributed by atoms with van der Waals surface area (Å²) in [5.41, 5.74) is 18.1. The van der Waals surface area contributed by atoms with E-state index in [-0.39, 0.29) is 5.41 Å². The van der Waals surface area contributed by atoms with Gasteiger partial charge < -0.3 is 0 Å². The Balaban J connectivity index is 1.03. The van der Waals surface area contributed by atoms with Crippen molar-refractivity contribution in [2.75, 3.05) is 0 Å². The van der Waals surface area contributed by atoms with E-state index < -0.39 is 0 Å². The number of nitriles is 1. The van der Waals surface area contributed by atoms with E-state index in [9.17, 15) is 5.26 Å². The molecule has 0 saturated heterocycles. The zero-order chi connectivity index (χ0) is 43.3. The molecule has 0 spiro atoms. The number of nitrogens with zero attached hydrogens (tertiary/aromatic N) is 4. The molecule has 1 heterocycles. The fraction of sp³-hybridized carbons (Fsp3) is 0.153. The molecule has 0 fully saturated rings. The summed E-state index contributed by atoms with van der Waals surface area (Å²) >= 11 is 0. The van der Waals surface area contributed by atoms with E-state index in [0.717, 1.165) is 74.9 Å². The van der Waals surface area contributed by atoms with Crippen molar-refractivity contribution in [1.29, 1.82) is 5.26 Å². The molecule has 4 nitrogen and oxygen atoms in total. The first-order chi connectivity index (χ1) is 30.9. The fourth-order valence-electron chi connectivity index (χ4n) is 9.34. The fourth-order valence-corrected chi connectivity index (χ4v) is 9.34. The topological polar surface area (TPSA) is 62.5 Å². The number of hydrogen-bond donors (Lipinski definition) is 0. The Morgan fingerprint density at radius 1 is 0.667 bits per heavy atom. The number of fused-ring (bicyclic) bond motifs is 2. The SMILES string of the molecule is C=C/C(=C\C=C/C)c1ccc(-c2nc(-c3ccccc3)nc(-c3cccc(-c4cccc(-c5ccc(-c6cccc7c6C6=C(CCC(C#N)=C6)[C@@]7(C)CCCC)cc5)c4)c3)n2)cc1. The molecule has 0 aliphatic heterocycles. The van der Waals surface area contributed by atoms with E-state index in [1.54, 1.807) is 0 Å². The molecule has 2 aliphatic carbocycles. The van der Waals surface area contributed by atoms with Gasteiger partial charge in [0.1, 0.15) is 0 Å². The van der Waals surface area contributed by atoms with Crippen LogP contribution >= 0.6 is 0 Å². The van der Waals surface area contributed by atoms with Crippen molar-refractivity contribution in [3.8, 4) is 73.6 Å². The van der Waals surface area contributed by atoms with E-state index in [0.29, 0.717) is 17.5 Å². The second-order valence-electron chi connectivity index (χ2n) is 16.7. The van der Waals surface area contributed by atoms with Gasteiger partial charge in [0, 0.05) is 27.7 Å². The van der Waals surface area contributed by atoms with Crippen molar-refractivity contribution in [2.45, 2.75) is 58.3 Å². The number of rotatable bonds is 12. The number of benzene rings is 6. The average Bonchev–Trinajstić information content (AvgIpc) is 3.61. The summed E-state index contributed by atoms with van der Waals surface area (Å²) in [4.78, 5) is 15.1. The normalized spacial score (nSPS) is 15.8. The molecule has 0 bridgehead atoms. The van der Waals surface area contributed by atoms with Crippen molar-refractivity contribution in [3.05, 3.63) is 210 Å². The van der Waals surface area contributed by atoms with Gasteiger partial charge in [0.15, 0.2) is 17.5 Å². The highest BCUT2D eigenvalue weighted by atomic mass is 15.0. The van der Waals surface area contributed by atoms with Crippen molar-refractivity contribution in [1.82, 2.24) is 15.0 Å². The number of aromatic nitrogens is 3. The summed E-state index contributed by atoms with van der Waals surface area (Å²) in [5, 5.41) is 9.90. The molecule has 1 aromatic heterocycles. The van der Waals surface area contributed by atoms with Crippen LogP contribution in [0.25, 0.3) is 78.7 Å². The maximum atomic E-state index is 9.90. The van der Waals surface area contributed by atoms with Gasteiger partial charge in [-0.1, -0.05) is 197 Å². The first-order valence-electron chi connectivity index (χ1n) is 22.1. The zero-order valence-corrected chi connectivity index (χ0v) is 36.3. The van der Waals surface area contributed by atoms with E-state index in [1.807, 2.05) is 55.5 Å². The lowest BCUT2D eigenvalue weighted by molar-refractivity contribution is 0.477. The molecule has 0 amide bonds. The number of unbranched alkanes of at least 4 members (excludes halogenated alkanes) is 1. The summed E-state index contributed by atoms with van der Waals surface area (Å²) in [6.07, 6.45) is 15.4. The van der Waals surface area contributed by atoms with Crippen LogP contribution in [0.3, 0.4) is 0 Å². The summed E-state index contributed by atoms with van der Waals surface area (Å²) in [5.74, 6) is 1.86. The van der Waals surface area contributed by atoms with Gasteiger partial charge in [-0.05, 0) is 106 Å². The Morgan fingerprint density at radius 3 is 1.89 bits per heavy atom. The van der Waals surface area contributed by atoms with Gasteiger partial charge >= 0.3 is 0 Å². The van der Waals surface area contributed by atoms with Gasteiger partial charge in [-0.2, -0.15) is 5.26 Å². The van der Waals surface area contributed by atoms with Gasteiger partial charge in [0.2, 0.25) is 0 Å².